The molecule has 7 nitrogen and oxygen atoms in total. The van der Waals surface area contributed by atoms with Crippen LogP contribution in [-0.4, -0.2) is 38.7 Å². The fourth-order valence-electron chi connectivity index (χ4n) is 2.66. The number of methoxy groups -OCH3 is 1. The maximum absolute atomic E-state index is 11.0. The molecule has 0 aliphatic carbocycles. The number of hydrogen-bond donors (Lipinski definition) is 3. The fourth-order valence-corrected chi connectivity index (χ4v) is 3.83. The molecule has 2 aromatic carbocycles. The minimum atomic E-state index is -1.48. The highest BCUT2D eigenvalue weighted by molar-refractivity contribution is 7.99. The minimum absolute atomic E-state index is 0.288. The van der Waals surface area contributed by atoms with E-state index in [0.29, 0.717) is 26.7 Å². The Morgan fingerprint density at radius 2 is 2.00 bits per heavy atom. The van der Waals surface area contributed by atoms with Crippen molar-refractivity contribution in [2.45, 2.75) is 11.0 Å². The minimum Gasteiger partial charge on any atom is -0.497 e. The Labute approximate surface area is 169 Å². The first-order valence-electron chi connectivity index (χ1n) is 7.94. The van der Waals surface area contributed by atoms with Gasteiger partial charge in [0, 0.05) is 10.6 Å². The number of nitrogens with one attached hydrogen (secondary N) is 2. The van der Waals surface area contributed by atoms with Crippen molar-refractivity contribution in [3.05, 3.63) is 52.5 Å². The summed E-state index contributed by atoms with van der Waals surface area (Å²) in [4.78, 5) is 0. The summed E-state index contributed by atoms with van der Waals surface area (Å²) in [5, 5.41) is 24.0. The molecule has 3 N–H and O–H groups in total. The predicted molar refractivity (Wildman–Crippen MR) is 107 cm³/mol. The van der Waals surface area contributed by atoms with Crippen molar-refractivity contribution in [1.82, 2.24) is 14.9 Å². The van der Waals surface area contributed by atoms with Crippen LogP contribution in [0.1, 0.15) is 0 Å². The lowest BCUT2D eigenvalue weighted by Crippen LogP contribution is -2.54. The van der Waals surface area contributed by atoms with E-state index in [0.717, 1.165) is 11.3 Å². The number of fused-ring (bicyclic) bond motifs is 1. The van der Waals surface area contributed by atoms with Gasteiger partial charge in [-0.15, -0.1) is 10.2 Å². The molecule has 0 spiro atoms. The highest BCUT2D eigenvalue weighted by atomic mass is 35.5. The molecular weight excluding hydrogens is 409 g/mol. The Morgan fingerprint density at radius 1 is 1.22 bits per heavy atom. The molecule has 1 atom stereocenters. The molecule has 1 aliphatic rings. The molecule has 0 amide bonds. The predicted octanol–water partition coefficient (Wildman–Crippen LogP) is 3.67. The summed E-state index contributed by atoms with van der Waals surface area (Å²) in [6, 6.07) is 12.4. The second-order valence-corrected chi connectivity index (χ2v) is 7.67. The Kier molecular flexibility index (Phi) is 4.81. The van der Waals surface area contributed by atoms with Crippen molar-refractivity contribution in [3.8, 4) is 17.1 Å². The zero-order chi connectivity index (χ0) is 19.0. The van der Waals surface area contributed by atoms with Crippen LogP contribution in [-0.2, 0) is 0 Å². The fraction of sp³-hybridized carbons (Fsp3) is 0.176. The Bertz CT molecular complexity index is 982. The molecule has 4 rings (SSSR count). The van der Waals surface area contributed by atoms with Gasteiger partial charge in [-0.2, -0.15) is 0 Å². The number of aromatic nitrogens is 3. The first-order valence-corrected chi connectivity index (χ1v) is 9.68. The zero-order valence-corrected chi connectivity index (χ0v) is 16.4. The summed E-state index contributed by atoms with van der Waals surface area (Å²) < 4.78 is 6.82. The smallest absolute Gasteiger partial charge is 0.237 e. The van der Waals surface area contributed by atoms with Crippen molar-refractivity contribution in [3.63, 3.8) is 0 Å². The molecule has 27 heavy (non-hydrogen) atoms. The molecular formula is C17H15Cl2N5O2S. The second kappa shape index (κ2) is 7.12. The van der Waals surface area contributed by atoms with Crippen LogP contribution in [0.25, 0.3) is 11.4 Å². The van der Waals surface area contributed by atoms with Crippen LogP contribution in [0, 0.1) is 0 Å². The van der Waals surface area contributed by atoms with E-state index < -0.39 is 5.85 Å². The molecule has 140 valence electrons. The van der Waals surface area contributed by atoms with E-state index in [1.807, 2.05) is 24.3 Å². The van der Waals surface area contributed by atoms with Gasteiger partial charge in [0.15, 0.2) is 5.82 Å². The summed E-state index contributed by atoms with van der Waals surface area (Å²) in [6.07, 6.45) is 0. The average molecular weight is 424 g/mol. The van der Waals surface area contributed by atoms with Crippen LogP contribution < -0.4 is 15.5 Å². The van der Waals surface area contributed by atoms with E-state index in [2.05, 4.69) is 20.9 Å². The van der Waals surface area contributed by atoms with Crippen LogP contribution in [0.3, 0.4) is 0 Å². The van der Waals surface area contributed by atoms with Gasteiger partial charge in [0.2, 0.25) is 11.0 Å². The number of benzene rings is 2. The Morgan fingerprint density at radius 3 is 2.74 bits per heavy atom. The molecule has 3 aromatic rings. The Balaban J connectivity index is 1.63. The third kappa shape index (κ3) is 3.66. The normalized spacial score (nSPS) is 18.5. The summed E-state index contributed by atoms with van der Waals surface area (Å²) in [5.41, 5.74) is 4.37. The van der Waals surface area contributed by atoms with Crippen LogP contribution in [0.2, 0.25) is 10.0 Å². The zero-order valence-electron chi connectivity index (χ0n) is 14.1. The van der Waals surface area contributed by atoms with E-state index in [9.17, 15) is 5.11 Å². The van der Waals surface area contributed by atoms with Gasteiger partial charge in [0.05, 0.1) is 23.6 Å². The van der Waals surface area contributed by atoms with Crippen LogP contribution in [0.15, 0.2) is 47.6 Å². The maximum Gasteiger partial charge on any atom is 0.237 e. The van der Waals surface area contributed by atoms with Gasteiger partial charge < -0.3 is 15.2 Å². The van der Waals surface area contributed by atoms with Gasteiger partial charge in [0.25, 0.3) is 0 Å². The third-order valence-corrected chi connectivity index (χ3v) is 5.61. The molecule has 1 unspecified atom stereocenters. The van der Waals surface area contributed by atoms with Crippen molar-refractivity contribution in [2.24, 2.45) is 0 Å². The van der Waals surface area contributed by atoms with Gasteiger partial charge in [-0.05, 0) is 42.5 Å². The van der Waals surface area contributed by atoms with E-state index in [4.69, 9.17) is 27.9 Å². The number of thioether (sulfide) groups is 1. The van der Waals surface area contributed by atoms with Crippen molar-refractivity contribution < 1.29 is 9.84 Å². The number of hydrogen-bond acceptors (Lipinski definition) is 7. The van der Waals surface area contributed by atoms with E-state index >= 15 is 0 Å². The van der Waals surface area contributed by atoms with E-state index in [1.54, 1.807) is 30.0 Å². The van der Waals surface area contributed by atoms with Crippen LogP contribution >= 0.6 is 35.0 Å². The quantitative estimate of drug-likeness (QED) is 0.552. The van der Waals surface area contributed by atoms with Gasteiger partial charge in [-0.3, -0.25) is 5.43 Å². The molecule has 0 fully saturated rings. The number of ether oxygens (including phenoxy) is 1. The maximum atomic E-state index is 11.0. The molecule has 10 heteroatoms. The van der Waals surface area contributed by atoms with Crippen molar-refractivity contribution >= 4 is 40.7 Å². The van der Waals surface area contributed by atoms with Crippen LogP contribution in [0.5, 0.6) is 5.75 Å². The lowest BCUT2D eigenvalue weighted by molar-refractivity contribution is 0.106. The molecule has 1 aliphatic heterocycles. The lowest BCUT2D eigenvalue weighted by Gasteiger charge is -2.35. The molecule has 0 radical (unpaired) electrons. The number of nitrogens with zero attached hydrogens (tertiary/aromatic N) is 3. The summed E-state index contributed by atoms with van der Waals surface area (Å²) in [7, 11) is 1.61. The van der Waals surface area contributed by atoms with Gasteiger partial charge in [0.1, 0.15) is 5.75 Å². The van der Waals surface area contributed by atoms with Gasteiger partial charge >= 0.3 is 0 Å². The molecule has 2 heterocycles. The van der Waals surface area contributed by atoms with Crippen molar-refractivity contribution in [1.29, 1.82) is 0 Å². The summed E-state index contributed by atoms with van der Waals surface area (Å²) in [5.74, 6) is 0.122. The number of anilines is 1. The summed E-state index contributed by atoms with van der Waals surface area (Å²) >= 11 is 13.6. The standard InChI is InChI=1S/C17H15Cl2N5O2S/c1-26-12-5-2-10(3-6-12)15-21-22-16-24(15)23-17(25,9-27-16)20-14-8-11(18)4-7-13(14)19/h2-8,20,23,25H,9H2,1H3. The largest absolute Gasteiger partial charge is 0.497 e. The molecule has 0 saturated heterocycles. The van der Waals surface area contributed by atoms with E-state index in [1.165, 1.54) is 11.8 Å². The first-order chi connectivity index (χ1) is 13.0. The number of rotatable bonds is 4. The monoisotopic (exact) mass is 423 g/mol. The number of halogens is 2. The number of aliphatic hydroxyl groups is 1. The molecule has 0 saturated carbocycles. The first kappa shape index (κ1) is 18.2. The lowest BCUT2D eigenvalue weighted by atomic mass is 10.2. The summed E-state index contributed by atoms with van der Waals surface area (Å²) in [6.45, 7) is 0. The highest BCUT2D eigenvalue weighted by Gasteiger charge is 2.35. The van der Waals surface area contributed by atoms with Gasteiger partial charge in [-0.1, -0.05) is 35.0 Å². The second-order valence-electron chi connectivity index (χ2n) is 5.88. The van der Waals surface area contributed by atoms with Crippen LogP contribution in [0.4, 0.5) is 5.69 Å². The Hall–Kier alpha value is -2.13. The SMILES string of the molecule is COc1ccc(-c2nnc3n2NC(O)(Nc2cc(Cl)ccc2Cl)CS3)cc1. The topological polar surface area (TPSA) is 84.2 Å². The molecule has 0 bridgehead atoms. The highest BCUT2D eigenvalue weighted by Crippen LogP contribution is 2.33. The van der Waals surface area contributed by atoms with E-state index in [-0.39, 0.29) is 5.75 Å². The van der Waals surface area contributed by atoms with Crippen molar-refractivity contribution in [2.75, 3.05) is 23.6 Å². The average Bonchev–Trinajstić information content (AvgIpc) is 3.07. The molecule has 1 aromatic heterocycles. The van der Waals surface area contributed by atoms with Gasteiger partial charge in [-0.25, -0.2) is 4.68 Å². The third-order valence-electron chi connectivity index (χ3n) is 3.96.